The number of thiophene rings is 1. The molecule has 2 N–H and O–H groups in total. The first kappa shape index (κ1) is 22.2. The maximum absolute atomic E-state index is 12.8. The monoisotopic (exact) mass is 516 g/mol. The standard InChI is InChI=1S/C22H16N2O5S4/c25-12-9-16(32-13-6-7-30-19(12)13)33-14-10-31-21-17(20(27)24(21)18(14)22(28)29)23-15(26)8-11-4-2-1-3-5-11/h1-7,9,17,21H,8,10H2,(H,23,26)(H,28,29). The lowest BCUT2D eigenvalue weighted by Gasteiger charge is -2.49. The highest BCUT2D eigenvalue weighted by Gasteiger charge is 2.54. The van der Waals surface area contributed by atoms with E-state index in [0.29, 0.717) is 19.6 Å². The van der Waals surface area contributed by atoms with Gasteiger partial charge in [-0.25, -0.2) is 4.79 Å². The molecule has 5 rings (SSSR count). The number of β-lactam (4-membered cyclic amide) rings is 1. The second-order valence-electron chi connectivity index (χ2n) is 7.34. The number of hydrogen-bond acceptors (Lipinski definition) is 8. The molecule has 1 aromatic carbocycles. The zero-order valence-corrected chi connectivity index (χ0v) is 20.1. The lowest BCUT2D eigenvalue weighted by Crippen LogP contribution is -2.70. The molecule has 7 nitrogen and oxygen atoms in total. The van der Waals surface area contributed by atoms with E-state index < -0.39 is 23.3 Å². The fraction of sp³-hybridized carbons (Fsp3) is 0.182. The van der Waals surface area contributed by atoms with Crippen molar-refractivity contribution < 1.29 is 19.5 Å². The van der Waals surface area contributed by atoms with E-state index in [0.717, 1.165) is 10.3 Å². The Morgan fingerprint density at radius 1 is 1.18 bits per heavy atom. The number of aliphatic carboxylic acids is 1. The number of benzene rings is 1. The van der Waals surface area contributed by atoms with Gasteiger partial charge in [-0.2, -0.15) is 0 Å². The number of carboxylic acids is 1. The van der Waals surface area contributed by atoms with Gasteiger partial charge in [-0.3, -0.25) is 19.3 Å². The average molecular weight is 517 g/mol. The molecule has 2 unspecified atom stereocenters. The van der Waals surface area contributed by atoms with Crippen molar-refractivity contribution in [2.24, 2.45) is 0 Å². The molecule has 3 aromatic rings. The van der Waals surface area contributed by atoms with E-state index in [1.807, 2.05) is 41.8 Å². The van der Waals surface area contributed by atoms with Gasteiger partial charge in [-0.15, -0.1) is 34.4 Å². The maximum Gasteiger partial charge on any atom is 0.353 e. The summed E-state index contributed by atoms with van der Waals surface area (Å²) in [5.74, 6) is -1.55. The fourth-order valence-corrected chi connectivity index (χ4v) is 8.54. The van der Waals surface area contributed by atoms with Crippen LogP contribution in [0.1, 0.15) is 5.56 Å². The number of nitrogens with zero attached hydrogens (tertiary/aromatic N) is 1. The molecule has 168 valence electrons. The molecular formula is C22H16N2O5S4. The van der Waals surface area contributed by atoms with Crippen molar-refractivity contribution in [2.45, 2.75) is 22.0 Å². The number of rotatable bonds is 6. The van der Waals surface area contributed by atoms with Gasteiger partial charge in [-0.1, -0.05) is 42.1 Å². The maximum atomic E-state index is 12.8. The Labute approximate surface area is 204 Å². The van der Waals surface area contributed by atoms with Crippen molar-refractivity contribution in [3.8, 4) is 0 Å². The molecule has 0 radical (unpaired) electrons. The summed E-state index contributed by atoms with van der Waals surface area (Å²) in [5.41, 5.74) is 0.662. The van der Waals surface area contributed by atoms with Gasteiger partial charge >= 0.3 is 5.97 Å². The smallest absolute Gasteiger partial charge is 0.353 e. The van der Waals surface area contributed by atoms with Crippen molar-refractivity contribution in [1.82, 2.24) is 10.2 Å². The van der Waals surface area contributed by atoms with Crippen LogP contribution in [-0.2, 0) is 20.8 Å². The van der Waals surface area contributed by atoms with Gasteiger partial charge in [0.2, 0.25) is 5.91 Å². The number of hydrogen-bond donors (Lipinski definition) is 2. The summed E-state index contributed by atoms with van der Waals surface area (Å²) < 4.78 is 2.22. The predicted molar refractivity (Wildman–Crippen MR) is 132 cm³/mol. The summed E-state index contributed by atoms with van der Waals surface area (Å²) in [4.78, 5) is 51.4. The molecule has 0 spiro atoms. The molecule has 2 aromatic heterocycles. The SMILES string of the molecule is O=C(Cc1ccccc1)NC1C(=O)N2C(C(=O)O)=C(Sc3cc(=O)c4sccc4s3)CSC12. The molecule has 0 saturated carbocycles. The van der Waals surface area contributed by atoms with Crippen LogP contribution >= 0.6 is 46.2 Å². The van der Waals surface area contributed by atoms with E-state index in [-0.39, 0.29) is 23.5 Å². The highest BCUT2D eigenvalue weighted by atomic mass is 32.2. The third-order valence-corrected chi connectivity index (χ3v) is 10.00. The first-order chi connectivity index (χ1) is 15.9. The first-order valence-corrected chi connectivity index (χ1v) is 13.4. The first-order valence-electron chi connectivity index (χ1n) is 9.86. The second kappa shape index (κ2) is 8.98. The van der Waals surface area contributed by atoms with E-state index in [1.54, 1.807) is 0 Å². The normalized spacial score (nSPS) is 19.9. The lowest BCUT2D eigenvalue weighted by molar-refractivity contribution is -0.150. The van der Waals surface area contributed by atoms with Crippen molar-refractivity contribution in [2.75, 3.05) is 5.75 Å². The molecule has 1 saturated heterocycles. The van der Waals surface area contributed by atoms with Gasteiger partial charge in [-0.05, 0) is 17.0 Å². The molecule has 0 aliphatic carbocycles. The Morgan fingerprint density at radius 3 is 2.73 bits per heavy atom. The molecule has 11 heteroatoms. The third-order valence-electron chi connectivity index (χ3n) is 5.20. The van der Waals surface area contributed by atoms with Gasteiger partial charge < -0.3 is 10.4 Å². The van der Waals surface area contributed by atoms with Crippen LogP contribution in [0.25, 0.3) is 9.40 Å². The average Bonchev–Trinajstić information content (AvgIpc) is 3.27. The zero-order valence-electron chi connectivity index (χ0n) is 16.8. The molecular weight excluding hydrogens is 501 g/mol. The number of thioether (sulfide) groups is 2. The summed E-state index contributed by atoms with van der Waals surface area (Å²) in [7, 11) is 0. The predicted octanol–water partition coefficient (Wildman–Crippen LogP) is 3.35. The highest BCUT2D eigenvalue weighted by molar-refractivity contribution is 8.07. The summed E-state index contributed by atoms with van der Waals surface area (Å²) in [6.07, 6.45) is 0.148. The summed E-state index contributed by atoms with van der Waals surface area (Å²) >= 11 is 5.42. The minimum Gasteiger partial charge on any atom is -0.477 e. The molecule has 2 atom stereocenters. The summed E-state index contributed by atoms with van der Waals surface area (Å²) in [6.45, 7) is 0. The largest absolute Gasteiger partial charge is 0.477 e. The molecule has 0 bridgehead atoms. The van der Waals surface area contributed by atoms with Crippen LogP contribution in [0.5, 0.6) is 0 Å². The Bertz CT molecular complexity index is 1360. The molecule has 2 amide bonds. The summed E-state index contributed by atoms with van der Waals surface area (Å²) in [6, 6.07) is 11.8. The van der Waals surface area contributed by atoms with Gasteiger partial charge in [0.1, 0.15) is 17.1 Å². The van der Waals surface area contributed by atoms with E-state index in [1.165, 1.54) is 57.2 Å². The number of carbonyl (C=O) groups excluding carboxylic acids is 2. The van der Waals surface area contributed by atoms with E-state index >= 15 is 0 Å². The van der Waals surface area contributed by atoms with Crippen LogP contribution < -0.4 is 10.7 Å². The number of nitrogens with one attached hydrogen (secondary N) is 1. The van der Waals surface area contributed by atoms with E-state index in [9.17, 15) is 24.3 Å². The van der Waals surface area contributed by atoms with Crippen molar-refractivity contribution in [3.05, 3.63) is 74.2 Å². The Hall–Kier alpha value is -2.60. The Morgan fingerprint density at radius 2 is 1.97 bits per heavy atom. The topological polar surface area (TPSA) is 104 Å². The molecule has 33 heavy (non-hydrogen) atoms. The summed E-state index contributed by atoms with van der Waals surface area (Å²) in [5, 5.41) is 14.0. The molecule has 2 aliphatic rings. The van der Waals surface area contributed by atoms with E-state index in [2.05, 4.69) is 5.32 Å². The van der Waals surface area contributed by atoms with Crippen molar-refractivity contribution >= 4 is 73.4 Å². The Kier molecular flexibility index (Phi) is 6.04. The van der Waals surface area contributed by atoms with Crippen molar-refractivity contribution in [1.29, 1.82) is 0 Å². The highest BCUT2D eigenvalue weighted by Crippen LogP contribution is 2.46. The van der Waals surface area contributed by atoms with Gasteiger partial charge in [0, 0.05) is 16.7 Å². The number of carboxylic acid groups (broad SMARTS) is 1. The van der Waals surface area contributed by atoms with Crippen LogP contribution in [0.15, 0.2) is 67.5 Å². The van der Waals surface area contributed by atoms with Crippen LogP contribution in [0, 0.1) is 0 Å². The molecule has 4 heterocycles. The lowest BCUT2D eigenvalue weighted by atomic mass is 10.0. The fourth-order valence-electron chi connectivity index (χ4n) is 3.71. The van der Waals surface area contributed by atoms with Crippen LogP contribution in [0.2, 0.25) is 0 Å². The van der Waals surface area contributed by atoms with Crippen LogP contribution in [-0.4, -0.2) is 45.0 Å². The minimum absolute atomic E-state index is 0.0765. The Balaban J connectivity index is 1.35. The van der Waals surface area contributed by atoms with Gasteiger partial charge in [0.05, 0.1) is 20.0 Å². The van der Waals surface area contributed by atoms with E-state index in [4.69, 9.17) is 0 Å². The second-order valence-corrected chi connectivity index (χ2v) is 11.8. The van der Waals surface area contributed by atoms with Gasteiger partial charge in [0.15, 0.2) is 5.43 Å². The van der Waals surface area contributed by atoms with Crippen LogP contribution in [0.3, 0.4) is 0 Å². The quantitative estimate of drug-likeness (QED) is 0.484. The van der Waals surface area contributed by atoms with Crippen LogP contribution in [0.4, 0.5) is 0 Å². The molecule has 2 aliphatic heterocycles. The number of carbonyl (C=O) groups is 3. The number of amides is 2. The zero-order chi connectivity index (χ0) is 23.1. The number of fused-ring (bicyclic) bond motifs is 2. The minimum atomic E-state index is -1.20. The molecule has 1 fully saturated rings. The third kappa shape index (κ3) is 4.21. The van der Waals surface area contributed by atoms with Crippen molar-refractivity contribution in [3.63, 3.8) is 0 Å². The van der Waals surface area contributed by atoms with Gasteiger partial charge in [0.25, 0.3) is 5.91 Å².